The van der Waals surface area contributed by atoms with Crippen LogP contribution >= 0.6 is 11.8 Å². The quantitative estimate of drug-likeness (QED) is 0.794. The third-order valence-electron chi connectivity index (χ3n) is 4.74. The van der Waals surface area contributed by atoms with Crippen molar-refractivity contribution in [2.45, 2.75) is 30.8 Å². The number of carbonyl (C=O) groups is 1. The molecule has 0 aliphatic carbocycles. The van der Waals surface area contributed by atoms with Crippen molar-refractivity contribution < 1.29 is 14.3 Å². The highest BCUT2D eigenvalue weighted by Gasteiger charge is 2.31. The molecule has 7 heteroatoms. The van der Waals surface area contributed by atoms with Crippen LogP contribution < -0.4 is 14.8 Å². The van der Waals surface area contributed by atoms with E-state index in [1.165, 1.54) is 0 Å². The maximum absolute atomic E-state index is 12.8. The first-order valence-electron chi connectivity index (χ1n) is 9.30. The van der Waals surface area contributed by atoms with Gasteiger partial charge in [-0.3, -0.25) is 0 Å². The normalized spacial score (nSPS) is 18.4. The number of pyridine rings is 1. The molecule has 0 radical (unpaired) electrons. The smallest absolute Gasteiger partial charge is 0.322 e. The molecular weight excluding hydrogens is 362 g/mol. The van der Waals surface area contributed by atoms with Crippen molar-refractivity contribution in [3.8, 4) is 11.5 Å². The van der Waals surface area contributed by atoms with Gasteiger partial charge in [-0.2, -0.15) is 0 Å². The molecule has 1 saturated heterocycles. The second-order valence-electron chi connectivity index (χ2n) is 6.50. The minimum absolute atomic E-state index is 0.0451. The lowest BCUT2D eigenvalue weighted by Gasteiger charge is -2.27. The number of anilines is 1. The van der Waals surface area contributed by atoms with Crippen molar-refractivity contribution in [2.24, 2.45) is 0 Å². The van der Waals surface area contributed by atoms with Crippen LogP contribution in [0.4, 0.5) is 10.5 Å². The molecule has 4 rings (SSSR count). The van der Waals surface area contributed by atoms with E-state index >= 15 is 0 Å². The van der Waals surface area contributed by atoms with Crippen LogP contribution in [0.3, 0.4) is 0 Å². The number of hydrogen-bond acceptors (Lipinski definition) is 5. The first kappa shape index (κ1) is 18.0. The zero-order valence-corrected chi connectivity index (χ0v) is 16.1. The highest BCUT2D eigenvalue weighted by molar-refractivity contribution is 7.99. The summed E-state index contributed by atoms with van der Waals surface area (Å²) < 4.78 is 11.3. The molecule has 1 aromatic heterocycles. The van der Waals surface area contributed by atoms with Gasteiger partial charge in [0.05, 0.1) is 23.0 Å². The number of aromatic nitrogens is 1. The Morgan fingerprint density at radius 1 is 1.26 bits per heavy atom. The van der Waals surface area contributed by atoms with Crippen molar-refractivity contribution in [2.75, 3.05) is 30.8 Å². The monoisotopic (exact) mass is 385 g/mol. The van der Waals surface area contributed by atoms with Crippen molar-refractivity contribution in [3.63, 3.8) is 0 Å². The number of amides is 2. The van der Waals surface area contributed by atoms with E-state index in [2.05, 4.69) is 17.2 Å². The summed E-state index contributed by atoms with van der Waals surface area (Å²) in [6.45, 7) is 3.97. The lowest BCUT2D eigenvalue weighted by molar-refractivity contribution is 0.170. The lowest BCUT2D eigenvalue weighted by atomic mass is 10.0. The van der Waals surface area contributed by atoms with Crippen LogP contribution in [-0.2, 0) is 0 Å². The molecule has 0 saturated carbocycles. The molecule has 2 aromatic rings. The molecule has 0 unspecified atom stereocenters. The van der Waals surface area contributed by atoms with E-state index in [9.17, 15) is 4.79 Å². The van der Waals surface area contributed by atoms with Crippen molar-refractivity contribution >= 4 is 23.5 Å². The summed E-state index contributed by atoms with van der Waals surface area (Å²) in [6, 6.07) is 9.76. The predicted octanol–water partition coefficient (Wildman–Crippen LogP) is 4.33. The number of carbonyl (C=O) groups excluding carboxylic acids is 1. The van der Waals surface area contributed by atoms with Gasteiger partial charge in [0.15, 0.2) is 11.5 Å². The number of likely N-dealkylation sites (tertiary alicyclic amines) is 1. The zero-order valence-electron chi connectivity index (χ0n) is 15.3. The Kier molecular flexibility index (Phi) is 5.38. The zero-order chi connectivity index (χ0) is 18.6. The van der Waals surface area contributed by atoms with Gasteiger partial charge < -0.3 is 19.7 Å². The average molecular weight is 385 g/mol. The maximum Gasteiger partial charge on any atom is 0.322 e. The number of thioether (sulfide) groups is 1. The summed E-state index contributed by atoms with van der Waals surface area (Å²) in [5, 5.41) is 3.94. The predicted molar refractivity (Wildman–Crippen MR) is 106 cm³/mol. The number of nitrogens with zero attached hydrogens (tertiary/aromatic N) is 2. The van der Waals surface area contributed by atoms with Gasteiger partial charge in [-0.1, -0.05) is 13.0 Å². The van der Waals surface area contributed by atoms with E-state index in [4.69, 9.17) is 9.47 Å². The first-order chi connectivity index (χ1) is 13.2. The van der Waals surface area contributed by atoms with Crippen LogP contribution in [0.5, 0.6) is 11.5 Å². The molecule has 2 aliphatic rings. The van der Waals surface area contributed by atoms with Gasteiger partial charge in [0.25, 0.3) is 0 Å². The van der Waals surface area contributed by atoms with Crippen LogP contribution in [0.25, 0.3) is 0 Å². The van der Waals surface area contributed by atoms with Gasteiger partial charge in [0.2, 0.25) is 0 Å². The molecule has 27 heavy (non-hydrogen) atoms. The molecule has 142 valence electrons. The van der Waals surface area contributed by atoms with Gasteiger partial charge in [-0.05, 0) is 48.4 Å². The van der Waals surface area contributed by atoms with E-state index < -0.39 is 0 Å². The molecule has 6 nitrogen and oxygen atoms in total. The standard InChI is InChI=1S/C20H23N3O3S/c1-2-27-19-8-6-15(13-21-19)22-20(24)23-9-3-4-16(23)14-5-7-17-18(12-14)26-11-10-25-17/h5-8,12-13,16H,2-4,9-11H2,1H3,(H,22,24)/t16-/m1/s1. The van der Waals surface area contributed by atoms with Crippen LogP contribution in [-0.4, -0.2) is 41.4 Å². The Morgan fingerprint density at radius 2 is 2.11 bits per heavy atom. The summed E-state index contributed by atoms with van der Waals surface area (Å²) in [7, 11) is 0. The Labute approximate surface area is 163 Å². The first-order valence-corrected chi connectivity index (χ1v) is 10.3. The van der Waals surface area contributed by atoms with Crippen LogP contribution in [0, 0.1) is 0 Å². The number of benzene rings is 1. The van der Waals surface area contributed by atoms with Crippen molar-refractivity contribution in [1.29, 1.82) is 0 Å². The highest BCUT2D eigenvalue weighted by atomic mass is 32.2. The van der Waals surface area contributed by atoms with Crippen LogP contribution in [0.15, 0.2) is 41.6 Å². The van der Waals surface area contributed by atoms with Gasteiger partial charge in [-0.25, -0.2) is 9.78 Å². The minimum Gasteiger partial charge on any atom is -0.486 e. The van der Waals surface area contributed by atoms with E-state index in [1.807, 2.05) is 35.2 Å². The van der Waals surface area contributed by atoms with Crippen molar-refractivity contribution in [1.82, 2.24) is 9.88 Å². The second kappa shape index (κ2) is 8.08. The van der Waals surface area contributed by atoms with Crippen LogP contribution in [0.1, 0.15) is 31.4 Å². The average Bonchev–Trinajstić information content (AvgIpc) is 3.19. The fraction of sp³-hybridized carbons (Fsp3) is 0.400. The number of rotatable bonds is 4. The van der Waals surface area contributed by atoms with E-state index in [1.54, 1.807) is 18.0 Å². The fourth-order valence-corrected chi connectivity index (χ4v) is 4.09. The van der Waals surface area contributed by atoms with Gasteiger partial charge >= 0.3 is 6.03 Å². The summed E-state index contributed by atoms with van der Waals surface area (Å²) in [5.41, 5.74) is 1.80. The molecule has 0 spiro atoms. The molecule has 0 bridgehead atoms. The molecule has 3 heterocycles. The number of fused-ring (bicyclic) bond motifs is 1. The van der Waals surface area contributed by atoms with E-state index in [0.717, 1.165) is 47.2 Å². The Morgan fingerprint density at radius 3 is 2.89 bits per heavy atom. The van der Waals surface area contributed by atoms with Crippen molar-refractivity contribution in [3.05, 3.63) is 42.1 Å². The topological polar surface area (TPSA) is 63.7 Å². The number of urea groups is 1. The van der Waals surface area contributed by atoms with E-state index in [-0.39, 0.29) is 12.1 Å². The third kappa shape index (κ3) is 3.98. The van der Waals surface area contributed by atoms with Crippen LogP contribution in [0.2, 0.25) is 0 Å². The Hall–Kier alpha value is -2.41. The molecule has 2 aliphatic heterocycles. The van der Waals surface area contributed by atoms with Gasteiger partial charge in [-0.15, -0.1) is 11.8 Å². The molecule has 1 aromatic carbocycles. The summed E-state index contributed by atoms with van der Waals surface area (Å²) in [6.07, 6.45) is 3.64. The molecular formula is C20H23N3O3S. The van der Waals surface area contributed by atoms with Gasteiger partial charge in [0, 0.05) is 6.54 Å². The summed E-state index contributed by atoms with van der Waals surface area (Å²) in [5.74, 6) is 2.51. The Bertz CT molecular complexity index is 813. The number of nitrogens with one attached hydrogen (secondary N) is 1. The maximum atomic E-state index is 12.8. The third-order valence-corrected chi connectivity index (χ3v) is 5.57. The largest absolute Gasteiger partial charge is 0.486 e. The summed E-state index contributed by atoms with van der Waals surface area (Å²) >= 11 is 1.68. The lowest BCUT2D eigenvalue weighted by Crippen LogP contribution is -2.34. The SMILES string of the molecule is CCSc1ccc(NC(=O)N2CCC[C@@H]2c2ccc3c(c2)OCCO3)cn1. The van der Waals surface area contributed by atoms with E-state index in [0.29, 0.717) is 18.9 Å². The molecule has 1 N–H and O–H groups in total. The molecule has 1 fully saturated rings. The fourth-order valence-electron chi connectivity index (χ4n) is 3.51. The minimum atomic E-state index is -0.0925. The second-order valence-corrected chi connectivity index (χ2v) is 7.79. The number of hydrogen-bond donors (Lipinski definition) is 1. The summed E-state index contributed by atoms with van der Waals surface area (Å²) in [4.78, 5) is 19.1. The Balaban J connectivity index is 1.46. The van der Waals surface area contributed by atoms with Gasteiger partial charge in [0.1, 0.15) is 13.2 Å². The number of ether oxygens (including phenoxy) is 2. The molecule has 2 amide bonds. The molecule has 1 atom stereocenters. The highest BCUT2D eigenvalue weighted by Crippen LogP contribution is 2.38.